The molecule has 1 aliphatic rings. The van der Waals surface area contributed by atoms with Crippen LogP contribution in [0.3, 0.4) is 0 Å². The van der Waals surface area contributed by atoms with E-state index in [4.69, 9.17) is 0 Å². The topological polar surface area (TPSA) is 50.2 Å². The van der Waals surface area contributed by atoms with Crippen molar-refractivity contribution in [2.75, 3.05) is 26.2 Å². The van der Waals surface area contributed by atoms with Gasteiger partial charge in [0, 0.05) is 32.4 Å². The lowest BCUT2D eigenvalue weighted by Gasteiger charge is -2.27. The molecule has 0 atom stereocenters. The summed E-state index contributed by atoms with van der Waals surface area (Å²) >= 11 is 0. The highest BCUT2D eigenvalue weighted by Crippen LogP contribution is 2.14. The zero-order valence-corrected chi connectivity index (χ0v) is 10.7. The molecule has 0 aliphatic carbocycles. The maximum Gasteiger partial charge on any atom is 0.257 e. The lowest BCUT2D eigenvalue weighted by atomic mass is 10.1. The van der Waals surface area contributed by atoms with E-state index in [2.05, 4.69) is 31.2 Å². The molecule has 0 aromatic carbocycles. The molecule has 0 saturated carbocycles. The second-order valence-corrected chi connectivity index (χ2v) is 5.39. The van der Waals surface area contributed by atoms with Crippen LogP contribution in [0.4, 0.5) is 0 Å². The molecule has 1 fully saturated rings. The number of carbonyl (C=O) groups excluding carboxylic acids is 1. The van der Waals surface area contributed by atoms with E-state index in [1.165, 1.54) is 0 Å². The molecule has 1 saturated heterocycles. The molecule has 17 heavy (non-hydrogen) atoms. The summed E-state index contributed by atoms with van der Waals surface area (Å²) in [6.07, 6.45) is 3.50. The average Bonchev–Trinajstić information content (AvgIpc) is 2.78. The quantitative estimate of drug-likeness (QED) is 0.780. The summed E-state index contributed by atoms with van der Waals surface area (Å²) in [6.45, 7) is 9.51. The van der Waals surface area contributed by atoms with Crippen LogP contribution in [0, 0.1) is 0 Å². The maximum atomic E-state index is 12.2. The molecule has 1 aliphatic heterocycles. The first-order chi connectivity index (χ1) is 7.98. The predicted octanol–water partition coefficient (Wildman–Crippen LogP) is 0.683. The second kappa shape index (κ2) is 4.49. The summed E-state index contributed by atoms with van der Waals surface area (Å²) in [7, 11) is 0. The maximum absolute atomic E-state index is 12.2. The Labute approximate surface area is 102 Å². The summed E-state index contributed by atoms with van der Waals surface area (Å²) in [5, 5.41) is 7.49. The van der Waals surface area contributed by atoms with Gasteiger partial charge in [-0.25, -0.2) is 0 Å². The van der Waals surface area contributed by atoms with Gasteiger partial charge in [0.2, 0.25) is 0 Å². The van der Waals surface area contributed by atoms with Gasteiger partial charge in [0.15, 0.2) is 0 Å². The number of nitrogens with one attached hydrogen (secondary N) is 1. The molecule has 94 valence electrons. The number of amides is 1. The summed E-state index contributed by atoms with van der Waals surface area (Å²) in [6, 6.07) is 0. The van der Waals surface area contributed by atoms with E-state index < -0.39 is 0 Å². The Morgan fingerprint density at radius 2 is 2.00 bits per heavy atom. The van der Waals surface area contributed by atoms with Gasteiger partial charge in [0.05, 0.1) is 17.3 Å². The summed E-state index contributed by atoms with van der Waals surface area (Å²) in [4.78, 5) is 14.1. The smallest absolute Gasteiger partial charge is 0.257 e. The van der Waals surface area contributed by atoms with Crippen LogP contribution in [0.2, 0.25) is 0 Å². The number of aromatic nitrogens is 2. The first-order valence-corrected chi connectivity index (χ1v) is 6.03. The fourth-order valence-electron chi connectivity index (χ4n) is 1.85. The fraction of sp³-hybridized carbons (Fsp3) is 0.667. The molecule has 0 radical (unpaired) electrons. The Kier molecular flexibility index (Phi) is 3.19. The standard InChI is InChI=1S/C12H20N4O/c1-12(2,3)16-9-10(8-14-16)11(17)15-6-4-13-5-7-15/h8-9,13H,4-7H2,1-3H3. The Bertz CT molecular complexity index is 399. The number of carbonyl (C=O) groups is 1. The van der Waals surface area contributed by atoms with E-state index in [0.717, 1.165) is 26.2 Å². The second-order valence-electron chi connectivity index (χ2n) is 5.39. The third kappa shape index (κ3) is 2.66. The van der Waals surface area contributed by atoms with E-state index in [0.29, 0.717) is 5.56 Å². The normalized spacial score (nSPS) is 17.2. The van der Waals surface area contributed by atoms with Crippen molar-refractivity contribution in [1.29, 1.82) is 0 Å². The number of hydrogen-bond acceptors (Lipinski definition) is 3. The number of piperazine rings is 1. The summed E-state index contributed by atoms with van der Waals surface area (Å²) in [5.41, 5.74) is 0.601. The highest BCUT2D eigenvalue weighted by atomic mass is 16.2. The minimum atomic E-state index is -0.0814. The minimum absolute atomic E-state index is 0.0814. The Balaban J connectivity index is 2.11. The molecule has 1 aromatic rings. The third-order valence-corrected chi connectivity index (χ3v) is 2.92. The van der Waals surface area contributed by atoms with Gasteiger partial charge in [0.25, 0.3) is 5.91 Å². The summed E-state index contributed by atoms with van der Waals surface area (Å²) in [5.74, 6) is 0.0852. The van der Waals surface area contributed by atoms with Crippen molar-refractivity contribution < 1.29 is 4.79 Å². The zero-order valence-electron chi connectivity index (χ0n) is 10.7. The molecule has 2 rings (SSSR count). The third-order valence-electron chi connectivity index (χ3n) is 2.92. The molecule has 1 N–H and O–H groups in total. The molecular weight excluding hydrogens is 216 g/mol. The zero-order chi connectivity index (χ0) is 12.5. The number of nitrogens with zero attached hydrogens (tertiary/aromatic N) is 3. The van der Waals surface area contributed by atoms with Crippen molar-refractivity contribution in [3.63, 3.8) is 0 Å². The molecular formula is C12H20N4O. The van der Waals surface area contributed by atoms with Gasteiger partial charge in [-0.3, -0.25) is 9.48 Å². The van der Waals surface area contributed by atoms with Crippen LogP contribution >= 0.6 is 0 Å². The van der Waals surface area contributed by atoms with Gasteiger partial charge in [-0.1, -0.05) is 0 Å². The first-order valence-electron chi connectivity index (χ1n) is 6.03. The lowest BCUT2D eigenvalue weighted by molar-refractivity contribution is 0.0735. The molecule has 5 heteroatoms. The van der Waals surface area contributed by atoms with Crippen molar-refractivity contribution in [2.24, 2.45) is 0 Å². The minimum Gasteiger partial charge on any atom is -0.336 e. The van der Waals surface area contributed by atoms with E-state index in [9.17, 15) is 4.79 Å². The highest BCUT2D eigenvalue weighted by molar-refractivity contribution is 5.93. The molecule has 0 unspecified atom stereocenters. The van der Waals surface area contributed by atoms with Crippen molar-refractivity contribution in [3.05, 3.63) is 18.0 Å². The lowest BCUT2D eigenvalue weighted by Crippen LogP contribution is -2.46. The van der Waals surface area contributed by atoms with Gasteiger partial charge in [0.1, 0.15) is 0 Å². The van der Waals surface area contributed by atoms with Gasteiger partial charge < -0.3 is 10.2 Å². The van der Waals surface area contributed by atoms with Crippen LogP contribution in [0.15, 0.2) is 12.4 Å². The van der Waals surface area contributed by atoms with E-state index >= 15 is 0 Å². The predicted molar refractivity (Wildman–Crippen MR) is 66.0 cm³/mol. The van der Waals surface area contributed by atoms with Crippen LogP contribution in [-0.2, 0) is 5.54 Å². The number of hydrogen-bond donors (Lipinski definition) is 1. The van der Waals surface area contributed by atoms with Gasteiger partial charge >= 0.3 is 0 Å². The largest absolute Gasteiger partial charge is 0.336 e. The van der Waals surface area contributed by atoms with Gasteiger partial charge in [-0.15, -0.1) is 0 Å². The van der Waals surface area contributed by atoms with Crippen LogP contribution in [0.1, 0.15) is 31.1 Å². The number of rotatable bonds is 1. The molecule has 0 bridgehead atoms. The monoisotopic (exact) mass is 236 g/mol. The highest BCUT2D eigenvalue weighted by Gasteiger charge is 2.21. The Morgan fingerprint density at radius 1 is 1.35 bits per heavy atom. The Morgan fingerprint density at radius 3 is 2.53 bits per heavy atom. The molecule has 0 spiro atoms. The van der Waals surface area contributed by atoms with Gasteiger partial charge in [-0.05, 0) is 20.8 Å². The van der Waals surface area contributed by atoms with Gasteiger partial charge in [-0.2, -0.15) is 5.10 Å². The van der Waals surface area contributed by atoms with Crippen LogP contribution in [0.5, 0.6) is 0 Å². The van der Waals surface area contributed by atoms with Crippen molar-refractivity contribution in [3.8, 4) is 0 Å². The average molecular weight is 236 g/mol. The van der Waals surface area contributed by atoms with Crippen LogP contribution in [0.25, 0.3) is 0 Å². The van der Waals surface area contributed by atoms with Crippen molar-refractivity contribution in [1.82, 2.24) is 20.0 Å². The molecule has 2 heterocycles. The van der Waals surface area contributed by atoms with Crippen LogP contribution in [-0.4, -0.2) is 46.8 Å². The van der Waals surface area contributed by atoms with Crippen molar-refractivity contribution >= 4 is 5.91 Å². The molecule has 5 nitrogen and oxygen atoms in total. The van der Waals surface area contributed by atoms with Crippen LogP contribution < -0.4 is 5.32 Å². The SMILES string of the molecule is CC(C)(C)n1cc(C(=O)N2CCNCC2)cn1. The molecule has 1 aromatic heterocycles. The first kappa shape index (κ1) is 12.1. The fourth-order valence-corrected chi connectivity index (χ4v) is 1.85. The van der Waals surface area contributed by atoms with Crippen molar-refractivity contribution in [2.45, 2.75) is 26.3 Å². The summed E-state index contributed by atoms with van der Waals surface area (Å²) < 4.78 is 1.84. The van der Waals surface area contributed by atoms with E-state index in [-0.39, 0.29) is 11.4 Å². The van der Waals surface area contributed by atoms with E-state index in [1.54, 1.807) is 6.20 Å². The van der Waals surface area contributed by atoms with E-state index in [1.807, 2.05) is 15.8 Å². The Hall–Kier alpha value is -1.36. The molecule has 1 amide bonds.